The normalized spacial score (nSPS) is 21.1. The highest BCUT2D eigenvalue weighted by atomic mass is 16.2. The fourth-order valence-corrected chi connectivity index (χ4v) is 2.59. The molecule has 1 saturated carbocycles. The zero-order valence-corrected chi connectivity index (χ0v) is 10.8. The molecule has 1 aliphatic rings. The van der Waals surface area contributed by atoms with Gasteiger partial charge in [-0.2, -0.15) is 0 Å². The third-order valence-corrected chi connectivity index (χ3v) is 3.87. The van der Waals surface area contributed by atoms with E-state index in [1.54, 1.807) is 0 Å². The number of hydrogen-bond donors (Lipinski definition) is 2. The zero-order chi connectivity index (χ0) is 12.1. The summed E-state index contributed by atoms with van der Waals surface area (Å²) in [5, 5.41) is 3.14. The number of nitrogens with two attached hydrogens (primary N) is 1. The first-order valence-corrected chi connectivity index (χ1v) is 6.56. The average molecular weight is 226 g/mol. The summed E-state index contributed by atoms with van der Waals surface area (Å²) in [4.78, 5) is 12.0. The van der Waals surface area contributed by atoms with Crippen molar-refractivity contribution in [2.24, 2.45) is 23.5 Å². The highest BCUT2D eigenvalue weighted by Crippen LogP contribution is 2.27. The summed E-state index contributed by atoms with van der Waals surface area (Å²) >= 11 is 0. The van der Waals surface area contributed by atoms with Gasteiger partial charge in [-0.15, -0.1) is 0 Å². The first kappa shape index (κ1) is 13.5. The standard InChI is InChI=1S/C13H26N2O/c1-9(2)12(8-14)13(16)15-10(3)11-6-4-5-7-11/h9-12H,4-8,14H2,1-3H3,(H,15,16)/t10-,12?/m1/s1. The van der Waals surface area contributed by atoms with E-state index in [0.717, 1.165) is 0 Å². The number of carbonyl (C=O) groups is 1. The molecular formula is C13H26N2O. The molecule has 2 atom stereocenters. The van der Waals surface area contributed by atoms with Crippen molar-refractivity contribution in [3.05, 3.63) is 0 Å². The first-order chi connectivity index (χ1) is 7.56. The van der Waals surface area contributed by atoms with Crippen molar-refractivity contribution in [1.29, 1.82) is 0 Å². The Morgan fingerprint density at radius 3 is 2.31 bits per heavy atom. The maximum atomic E-state index is 12.0. The molecule has 94 valence electrons. The second-order valence-electron chi connectivity index (χ2n) is 5.43. The van der Waals surface area contributed by atoms with E-state index in [1.165, 1.54) is 25.7 Å². The lowest BCUT2D eigenvalue weighted by Gasteiger charge is -2.25. The summed E-state index contributed by atoms with van der Waals surface area (Å²) < 4.78 is 0. The van der Waals surface area contributed by atoms with Gasteiger partial charge in [0, 0.05) is 12.6 Å². The van der Waals surface area contributed by atoms with Gasteiger partial charge in [-0.05, 0) is 31.6 Å². The van der Waals surface area contributed by atoms with E-state index in [0.29, 0.717) is 24.4 Å². The minimum absolute atomic E-state index is 0.0381. The summed E-state index contributed by atoms with van der Waals surface area (Å²) in [6.07, 6.45) is 5.15. The predicted molar refractivity (Wildman–Crippen MR) is 66.9 cm³/mol. The van der Waals surface area contributed by atoms with Crippen LogP contribution < -0.4 is 11.1 Å². The van der Waals surface area contributed by atoms with Crippen molar-refractivity contribution in [1.82, 2.24) is 5.32 Å². The Kier molecular flexibility index (Phi) is 5.26. The second-order valence-corrected chi connectivity index (χ2v) is 5.43. The highest BCUT2D eigenvalue weighted by Gasteiger charge is 2.26. The molecule has 16 heavy (non-hydrogen) atoms. The molecule has 3 N–H and O–H groups in total. The Morgan fingerprint density at radius 2 is 1.88 bits per heavy atom. The monoisotopic (exact) mass is 226 g/mol. The molecule has 0 aromatic heterocycles. The van der Waals surface area contributed by atoms with Crippen LogP contribution in [0.2, 0.25) is 0 Å². The van der Waals surface area contributed by atoms with E-state index in [2.05, 4.69) is 26.1 Å². The van der Waals surface area contributed by atoms with E-state index >= 15 is 0 Å². The Balaban J connectivity index is 2.42. The minimum atomic E-state index is -0.0381. The maximum absolute atomic E-state index is 12.0. The topological polar surface area (TPSA) is 55.1 Å². The van der Waals surface area contributed by atoms with Crippen molar-refractivity contribution in [3.63, 3.8) is 0 Å². The zero-order valence-electron chi connectivity index (χ0n) is 10.8. The molecule has 0 spiro atoms. The summed E-state index contributed by atoms with van der Waals surface area (Å²) in [7, 11) is 0. The quantitative estimate of drug-likeness (QED) is 0.752. The molecule has 0 heterocycles. The lowest BCUT2D eigenvalue weighted by Crippen LogP contribution is -2.44. The van der Waals surface area contributed by atoms with E-state index in [1.807, 2.05) is 0 Å². The Labute approximate surface area is 99.2 Å². The maximum Gasteiger partial charge on any atom is 0.224 e. The third-order valence-electron chi connectivity index (χ3n) is 3.87. The van der Waals surface area contributed by atoms with Crippen LogP contribution in [0.3, 0.4) is 0 Å². The minimum Gasteiger partial charge on any atom is -0.353 e. The van der Waals surface area contributed by atoms with E-state index in [-0.39, 0.29) is 11.8 Å². The number of amides is 1. The number of rotatable bonds is 5. The molecule has 3 heteroatoms. The van der Waals surface area contributed by atoms with Gasteiger partial charge in [-0.25, -0.2) is 0 Å². The van der Waals surface area contributed by atoms with Gasteiger partial charge in [0.2, 0.25) is 5.91 Å². The Bertz CT molecular complexity index is 222. The van der Waals surface area contributed by atoms with Crippen LogP contribution in [0.15, 0.2) is 0 Å². The smallest absolute Gasteiger partial charge is 0.224 e. The van der Waals surface area contributed by atoms with Gasteiger partial charge in [-0.3, -0.25) is 4.79 Å². The summed E-state index contributed by atoms with van der Waals surface area (Å²) in [6, 6.07) is 0.308. The van der Waals surface area contributed by atoms with Crippen molar-refractivity contribution < 1.29 is 4.79 Å². The van der Waals surface area contributed by atoms with Crippen LogP contribution in [0.1, 0.15) is 46.5 Å². The number of nitrogens with one attached hydrogen (secondary N) is 1. The van der Waals surface area contributed by atoms with Gasteiger partial charge in [0.25, 0.3) is 0 Å². The first-order valence-electron chi connectivity index (χ1n) is 6.56. The highest BCUT2D eigenvalue weighted by molar-refractivity contribution is 5.79. The largest absolute Gasteiger partial charge is 0.353 e. The van der Waals surface area contributed by atoms with Gasteiger partial charge < -0.3 is 11.1 Å². The van der Waals surface area contributed by atoms with E-state index in [4.69, 9.17) is 5.73 Å². The van der Waals surface area contributed by atoms with Crippen LogP contribution in [0.5, 0.6) is 0 Å². The molecule has 1 unspecified atom stereocenters. The summed E-state index contributed by atoms with van der Waals surface area (Å²) in [6.45, 7) is 6.68. The lowest BCUT2D eigenvalue weighted by atomic mass is 9.93. The van der Waals surface area contributed by atoms with Crippen molar-refractivity contribution in [3.8, 4) is 0 Å². The van der Waals surface area contributed by atoms with Crippen LogP contribution >= 0.6 is 0 Å². The number of carbonyl (C=O) groups excluding carboxylic acids is 1. The molecule has 3 nitrogen and oxygen atoms in total. The second kappa shape index (κ2) is 6.24. The molecule has 1 rings (SSSR count). The number of hydrogen-bond acceptors (Lipinski definition) is 2. The Hall–Kier alpha value is -0.570. The van der Waals surface area contributed by atoms with Gasteiger partial charge in [0.1, 0.15) is 0 Å². The molecule has 0 radical (unpaired) electrons. The van der Waals surface area contributed by atoms with Crippen molar-refractivity contribution in [2.45, 2.75) is 52.5 Å². The molecule has 1 aliphatic carbocycles. The van der Waals surface area contributed by atoms with Crippen LogP contribution in [-0.4, -0.2) is 18.5 Å². The fourth-order valence-electron chi connectivity index (χ4n) is 2.59. The van der Waals surface area contributed by atoms with Crippen LogP contribution in [-0.2, 0) is 4.79 Å². The molecule has 1 amide bonds. The summed E-state index contributed by atoms with van der Waals surface area (Å²) in [5.74, 6) is 1.09. The van der Waals surface area contributed by atoms with Crippen LogP contribution in [0, 0.1) is 17.8 Å². The molecule has 1 fully saturated rings. The molecule has 0 aromatic carbocycles. The molecule has 0 bridgehead atoms. The molecule has 0 aliphatic heterocycles. The van der Waals surface area contributed by atoms with E-state index in [9.17, 15) is 4.79 Å². The lowest BCUT2D eigenvalue weighted by molar-refractivity contribution is -0.126. The van der Waals surface area contributed by atoms with Gasteiger partial charge in [0.15, 0.2) is 0 Å². The third kappa shape index (κ3) is 3.48. The van der Waals surface area contributed by atoms with Gasteiger partial charge in [0.05, 0.1) is 5.92 Å². The summed E-state index contributed by atoms with van der Waals surface area (Å²) in [5.41, 5.74) is 5.64. The molecule has 0 saturated heterocycles. The fraction of sp³-hybridized carbons (Fsp3) is 0.923. The molecule has 0 aromatic rings. The Morgan fingerprint density at radius 1 is 1.31 bits per heavy atom. The van der Waals surface area contributed by atoms with E-state index < -0.39 is 0 Å². The molecular weight excluding hydrogens is 200 g/mol. The SMILES string of the molecule is CC(C)C(CN)C(=O)N[C@H](C)C1CCCC1. The van der Waals surface area contributed by atoms with Crippen LogP contribution in [0.25, 0.3) is 0 Å². The van der Waals surface area contributed by atoms with Crippen LogP contribution in [0.4, 0.5) is 0 Å². The average Bonchev–Trinajstić information content (AvgIpc) is 2.70. The predicted octanol–water partition coefficient (Wildman–Crippen LogP) is 1.91. The van der Waals surface area contributed by atoms with Gasteiger partial charge in [-0.1, -0.05) is 26.7 Å². The van der Waals surface area contributed by atoms with Gasteiger partial charge >= 0.3 is 0 Å². The van der Waals surface area contributed by atoms with Crippen molar-refractivity contribution in [2.75, 3.05) is 6.54 Å². The van der Waals surface area contributed by atoms with Crippen molar-refractivity contribution >= 4 is 5.91 Å².